The van der Waals surface area contributed by atoms with E-state index in [9.17, 15) is 0 Å². The first kappa shape index (κ1) is 11.7. The van der Waals surface area contributed by atoms with Crippen molar-refractivity contribution in [1.29, 1.82) is 0 Å². The Bertz CT molecular complexity index is 537. The average Bonchev–Trinajstić information content (AvgIpc) is 2.36. The zero-order chi connectivity index (χ0) is 12.4. The SMILES string of the molecule is CCc1cc(ON)c2cc(N(C)C)ccc2n1. The van der Waals surface area contributed by atoms with Crippen LogP contribution in [0.5, 0.6) is 5.75 Å². The molecule has 2 rings (SSSR count). The predicted molar refractivity (Wildman–Crippen MR) is 70.3 cm³/mol. The number of aromatic nitrogens is 1. The Morgan fingerprint density at radius 1 is 1.29 bits per heavy atom. The van der Waals surface area contributed by atoms with Gasteiger partial charge in [0, 0.05) is 36.9 Å². The highest BCUT2D eigenvalue weighted by molar-refractivity contribution is 5.88. The van der Waals surface area contributed by atoms with Gasteiger partial charge in [-0.25, -0.2) is 0 Å². The van der Waals surface area contributed by atoms with Gasteiger partial charge in [0.2, 0.25) is 0 Å². The lowest BCUT2D eigenvalue weighted by Crippen LogP contribution is -2.09. The molecule has 90 valence electrons. The standard InChI is InChI=1S/C13H17N3O/c1-4-9-7-13(17-14)11-8-10(16(2)3)5-6-12(11)15-9/h5-8H,4,14H2,1-3H3. The van der Waals surface area contributed by atoms with E-state index in [0.29, 0.717) is 5.75 Å². The van der Waals surface area contributed by atoms with Crippen LogP contribution in [-0.2, 0) is 6.42 Å². The van der Waals surface area contributed by atoms with E-state index in [4.69, 9.17) is 10.7 Å². The molecule has 4 heteroatoms. The summed E-state index contributed by atoms with van der Waals surface area (Å²) in [6.07, 6.45) is 0.863. The molecular formula is C13H17N3O. The summed E-state index contributed by atoms with van der Waals surface area (Å²) in [4.78, 5) is 11.5. The molecule has 0 aliphatic carbocycles. The molecule has 0 aliphatic rings. The molecule has 17 heavy (non-hydrogen) atoms. The van der Waals surface area contributed by atoms with Gasteiger partial charge >= 0.3 is 0 Å². The molecule has 0 bridgehead atoms. The van der Waals surface area contributed by atoms with Gasteiger partial charge < -0.3 is 9.74 Å². The molecule has 0 fully saturated rings. The van der Waals surface area contributed by atoms with Crippen LogP contribution in [0.25, 0.3) is 10.9 Å². The van der Waals surface area contributed by atoms with Gasteiger partial charge in [-0.3, -0.25) is 4.98 Å². The van der Waals surface area contributed by atoms with Crippen molar-refractivity contribution in [3.8, 4) is 5.75 Å². The molecule has 0 radical (unpaired) electrons. The van der Waals surface area contributed by atoms with Crippen LogP contribution in [0.2, 0.25) is 0 Å². The maximum Gasteiger partial charge on any atom is 0.158 e. The van der Waals surface area contributed by atoms with Gasteiger partial charge in [-0.15, -0.1) is 0 Å². The average molecular weight is 231 g/mol. The van der Waals surface area contributed by atoms with Crippen molar-refractivity contribution in [2.75, 3.05) is 19.0 Å². The summed E-state index contributed by atoms with van der Waals surface area (Å²) in [5.41, 5.74) is 2.99. The lowest BCUT2D eigenvalue weighted by molar-refractivity contribution is 0.338. The van der Waals surface area contributed by atoms with Crippen LogP contribution in [0.3, 0.4) is 0 Å². The minimum absolute atomic E-state index is 0.676. The van der Waals surface area contributed by atoms with E-state index in [-0.39, 0.29) is 0 Å². The highest BCUT2D eigenvalue weighted by Gasteiger charge is 2.07. The Morgan fingerprint density at radius 2 is 2.06 bits per heavy atom. The molecular weight excluding hydrogens is 214 g/mol. The molecule has 1 aromatic carbocycles. The van der Waals surface area contributed by atoms with Crippen molar-refractivity contribution in [3.63, 3.8) is 0 Å². The van der Waals surface area contributed by atoms with Gasteiger partial charge in [0.1, 0.15) is 0 Å². The van der Waals surface area contributed by atoms with Crippen molar-refractivity contribution in [3.05, 3.63) is 30.0 Å². The minimum atomic E-state index is 0.676. The third-order valence-electron chi connectivity index (χ3n) is 2.81. The van der Waals surface area contributed by atoms with Crippen molar-refractivity contribution in [1.82, 2.24) is 4.98 Å². The Hall–Kier alpha value is -1.81. The number of aryl methyl sites for hydroxylation is 1. The number of pyridine rings is 1. The molecule has 0 saturated carbocycles. The van der Waals surface area contributed by atoms with Crippen molar-refractivity contribution < 1.29 is 4.84 Å². The fourth-order valence-corrected chi connectivity index (χ4v) is 1.79. The lowest BCUT2D eigenvalue weighted by Gasteiger charge is -2.14. The van der Waals surface area contributed by atoms with Gasteiger partial charge in [-0.2, -0.15) is 5.90 Å². The topological polar surface area (TPSA) is 51.4 Å². The van der Waals surface area contributed by atoms with Gasteiger partial charge in [-0.05, 0) is 24.6 Å². The van der Waals surface area contributed by atoms with E-state index in [1.807, 2.05) is 43.3 Å². The molecule has 1 heterocycles. The number of nitrogens with two attached hydrogens (primary N) is 1. The summed E-state index contributed by atoms with van der Waals surface area (Å²) < 4.78 is 0. The van der Waals surface area contributed by atoms with Crippen molar-refractivity contribution >= 4 is 16.6 Å². The summed E-state index contributed by atoms with van der Waals surface area (Å²) in [5, 5.41) is 0.941. The maximum absolute atomic E-state index is 5.32. The first-order chi connectivity index (χ1) is 8.15. The largest absolute Gasteiger partial charge is 0.411 e. The van der Waals surface area contributed by atoms with E-state index in [1.54, 1.807) is 0 Å². The molecule has 2 aromatic rings. The summed E-state index contributed by atoms with van der Waals surface area (Å²) in [5.74, 6) is 6.00. The van der Waals surface area contributed by atoms with E-state index in [2.05, 4.69) is 11.9 Å². The van der Waals surface area contributed by atoms with Crippen LogP contribution >= 0.6 is 0 Å². The summed E-state index contributed by atoms with van der Waals surface area (Å²) >= 11 is 0. The number of fused-ring (bicyclic) bond motifs is 1. The third-order valence-corrected chi connectivity index (χ3v) is 2.81. The third kappa shape index (κ3) is 2.17. The molecule has 0 spiro atoms. The zero-order valence-electron chi connectivity index (χ0n) is 10.4. The quantitative estimate of drug-likeness (QED) is 0.822. The molecule has 0 amide bonds. The molecule has 0 unspecified atom stereocenters. The molecule has 4 nitrogen and oxygen atoms in total. The first-order valence-corrected chi connectivity index (χ1v) is 5.63. The predicted octanol–water partition coefficient (Wildman–Crippen LogP) is 2.12. The number of nitrogens with zero attached hydrogens (tertiary/aromatic N) is 2. The fraction of sp³-hybridized carbons (Fsp3) is 0.308. The second-order valence-corrected chi connectivity index (χ2v) is 4.18. The van der Waals surface area contributed by atoms with Crippen LogP contribution in [0.4, 0.5) is 5.69 Å². The van der Waals surface area contributed by atoms with E-state index in [1.165, 1.54) is 0 Å². The van der Waals surface area contributed by atoms with Gasteiger partial charge in [0.25, 0.3) is 0 Å². The van der Waals surface area contributed by atoms with Crippen LogP contribution < -0.4 is 15.6 Å². The Kier molecular flexibility index (Phi) is 3.15. The van der Waals surface area contributed by atoms with Crippen LogP contribution in [0.1, 0.15) is 12.6 Å². The van der Waals surface area contributed by atoms with Crippen molar-refractivity contribution in [2.24, 2.45) is 5.90 Å². The highest BCUT2D eigenvalue weighted by atomic mass is 16.6. The van der Waals surface area contributed by atoms with E-state index < -0.39 is 0 Å². The second-order valence-electron chi connectivity index (χ2n) is 4.18. The molecule has 0 saturated heterocycles. The minimum Gasteiger partial charge on any atom is -0.411 e. The van der Waals surface area contributed by atoms with E-state index >= 15 is 0 Å². The molecule has 1 aromatic heterocycles. The lowest BCUT2D eigenvalue weighted by atomic mass is 10.1. The Labute approximate surface area is 101 Å². The molecule has 2 N–H and O–H groups in total. The van der Waals surface area contributed by atoms with Gasteiger partial charge in [-0.1, -0.05) is 6.92 Å². The zero-order valence-corrected chi connectivity index (χ0v) is 10.4. The van der Waals surface area contributed by atoms with Crippen molar-refractivity contribution in [2.45, 2.75) is 13.3 Å². The monoisotopic (exact) mass is 231 g/mol. The summed E-state index contributed by atoms with van der Waals surface area (Å²) in [7, 11) is 4.00. The van der Waals surface area contributed by atoms with E-state index in [0.717, 1.165) is 28.7 Å². The number of benzene rings is 1. The number of anilines is 1. The van der Waals surface area contributed by atoms with Gasteiger partial charge in [0.05, 0.1) is 5.52 Å². The van der Waals surface area contributed by atoms with Crippen LogP contribution in [0.15, 0.2) is 24.3 Å². The van der Waals surface area contributed by atoms with Crippen LogP contribution in [0, 0.1) is 0 Å². The maximum atomic E-state index is 5.32. The Morgan fingerprint density at radius 3 is 2.65 bits per heavy atom. The Balaban J connectivity index is 2.67. The van der Waals surface area contributed by atoms with Crippen LogP contribution in [-0.4, -0.2) is 19.1 Å². The first-order valence-electron chi connectivity index (χ1n) is 5.63. The molecule has 0 aliphatic heterocycles. The smallest absolute Gasteiger partial charge is 0.158 e. The number of rotatable bonds is 3. The highest BCUT2D eigenvalue weighted by Crippen LogP contribution is 2.28. The number of hydrogen-bond donors (Lipinski definition) is 1. The summed E-state index contributed by atoms with van der Waals surface area (Å²) in [6.45, 7) is 2.06. The normalized spacial score (nSPS) is 10.6. The summed E-state index contributed by atoms with van der Waals surface area (Å²) in [6, 6.07) is 7.95. The second kappa shape index (κ2) is 4.59. The molecule has 0 atom stereocenters. The van der Waals surface area contributed by atoms with Gasteiger partial charge in [0.15, 0.2) is 5.75 Å². The fourth-order valence-electron chi connectivity index (χ4n) is 1.79. The number of hydrogen-bond acceptors (Lipinski definition) is 4.